The maximum atomic E-state index is 12.9. The van der Waals surface area contributed by atoms with E-state index in [2.05, 4.69) is 6.92 Å². The standard InChI is InChI=1S/C14H20ClF/c1-3-5-13(15)7-4-6-12-8-9-14(16)10-11(12)2/h8-10,13H,3-7H2,1-2H3. The first-order chi connectivity index (χ1) is 7.63. The summed E-state index contributed by atoms with van der Waals surface area (Å²) in [5.41, 5.74) is 2.28. The summed E-state index contributed by atoms with van der Waals surface area (Å²) in [7, 11) is 0. The summed E-state index contributed by atoms with van der Waals surface area (Å²) in [4.78, 5) is 0. The predicted octanol–water partition coefficient (Wildman–Crippen LogP) is 4.86. The molecular weight excluding hydrogens is 223 g/mol. The molecule has 0 fully saturated rings. The van der Waals surface area contributed by atoms with Gasteiger partial charge in [-0.25, -0.2) is 4.39 Å². The maximum absolute atomic E-state index is 12.9. The lowest BCUT2D eigenvalue weighted by atomic mass is 10.0. The molecule has 0 aliphatic heterocycles. The number of aryl methyl sites for hydroxylation is 2. The van der Waals surface area contributed by atoms with Crippen LogP contribution in [0.4, 0.5) is 4.39 Å². The molecule has 0 saturated carbocycles. The molecule has 0 aliphatic rings. The number of alkyl halides is 1. The van der Waals surface area contributed by atoms with Crippen LogP contribution in [0.1, 0.15) is 43.7 Å². The van der Waals surface area contributed by atoms with E-state index in [-0.39, 0.29) is 5.82 Å². The number of hydrogen-bond donors (Lipinski definition) is 0. The minimum Gasteiger partial charge on any atom is -0.207 e. The van der Waals surface area contributed by atoms with E-state index in [1.165, 1.54) is 11.6 Å². The zero-order valence-corrected chi connectivity index (χ0v) is 10.9. The average Bonchev–Trinajstić information content (AvgIpc) is 2.22. The Labute approximate surface area is 103 Å². The topological polar surface area (TPSA) is 0 Å². The Hall–Kier alpha value is -0.560. The van der Waals surface area contributed by atoms with Crippen LogP contribution in [0.3, 0.4) is 0 Å². The van der Waals surface area contributed by atoms with Gasteiger partial charge < -0.3 is 0 Å². The van der Waals surface area contributed by atoms with Crippen LogP contribution in [0.5, 0.6) is 0 Å². The van der Waals surface area contributed by atoms with Crippen LogP contribution < -0.4 is 0 Å². The van der Waals surface area contributed by atoms with Crippen molar-refractivity contribution in [2.75, 3.05) is 0 Å². The van der Waals surface area contributed by atoms with Gasteiger partial charge in [0, 0.05) is 5.38 Å². The van der Waals surface area contributed by atoms with Gasteiger partial charge in [0.2, 0.25) is 0 Å². The van der Waals surface area contributed by atoms with Crippen molar-refractivity contribution >= 4 is 11.6 Å². The zero-order chi connectivity index (χ0) is 12.0. The van der Waals surface area contributed by atoms with Gasteiger partial charge >= 0.3 is 0 Å². The molecule has 16 heavy (non-hydrogen) atoms. The molecule has 2 heteroatoms. The highest BCUT2D eigenvalue weighted by molar-refractivity contribution is 6.20. The van der Waals surface area contributed by atoms with Crippen LogP contribution in [0, 0.1) is 12.7 Å². The van der Waals surface area contributed by atoms with Gasteiger partial charge in [-0.1, -0.05) is 19.4 Å². The lowest BCUT2D eigenvalue weighted by Gasteiger charge is -2.09. The average molecular weight is 243 g/mol. The molecule has 1 unspecified atom stereocenters. The van der Waals surface area contributed by atoms with Crippen LogP contribution >= 0.6 is 11.6 Å². The Kier molecular flexibility index (Phi) is 5.83. The van der Waals surface area contributed by atoms with E-state index >= 15 is 0 Å². The second-order valence-corrected chi connectivity index (χ2v) is 4.97. The highest BCUT2D eigenvalue weighted by Crippen LogP contribution is 2.17. The molecule has 0 N–H and O–H groups in total. The monoisotopic (exact) mass is 242 g/mol. The second-order valence-electron chi connectivity index (χ2n) is 4.35. The van der Waals surface area contributed by atoms with E-state index in [1.54, 1.807) is 6.07 Å². The molecule has 90 valence electrons. The van der Waals surface area contributed by atoms with E-state index in [0.29, 0.717) is 5.38 Å². The second kappa shape index (κ2) is 6.90. The summed E-state index contributed by atoms with van der Waals surface area (Å²) in [5, 5.41) is 0.297. The van der Waals surface area contributed by atoms with Crippen molar-refractivity contribution in [2.24, 2.45) is 0 Å². The lowest BCUT2D eigenvalue weighted by molar-refractivity contribution is 0.621. The van der Waals surface area contributed by atoms with E-state index < -0.39 is 0 Å². The van der Waals surface area contributed by atoms with E-state index in [1.807, 2.05) is 13.0 Å². The molecule has 1 aromatic carbocycles. The summed E-state index contributed by atoms with van der Waals surface area (Å²) in [6.45, 7) is 4.11. The van der Waals surface area contributed by atoms with Crippen molar-refractivity contribution in [1.29, 1.82) is 0 Å². The number of hydrogen-bond acceptors (Lipinski definition) is 0. The number of halogens is 2. The normalized spacial score (nSPS) is 12.8. The van der Waals surface area contributed by atoms with Crippen molar-refractivity contribution in [3.05, 3.63) is 35.1 Å². The molecule has 0 amide bonds. The third-order valence-electron chi connectivity index (χ3n) is 2.87. The Morgan fingerprint density at radius 2 is 2.06 bits per heavy atom. The Bertz CT molecular complexity index is 323. The molecule has 0 spiro atoms. The molecule has 1 atom stereocenters. The maximum Gasteiger partial charge on any atom is 0.123 e. The Morgan fingerprint density at radius 3 is 2.69 bits per heavy atom. The fourth-order valence-electron chi connectivity index (χ4n) is 1.91. The van der Waals surface area contributed by atoms with Crippen LogP contribution in [0.15, 0.2) is 18.2 Å². The van der Waals surface area contributed by atoms with Gasteiger partial charge in [0.1, 0.15) is 5.82 Å². The number of rotatable bonds is 6. The molecule has 0 heterocycles. The minimum atomic E-state index is -0.151. The summed E-state index contributed by atoms with van der Waals surface area (Å²) >= 11 is 6.15. The smallest absolute Gasteiger partial charge is 0.123 e. The fourth-order valence-corrected chi connectivity index (χ4v) is 2.28. The van der Waals surface area contributed by atoms with Crippen molar-refractivity contribution in [2.45, 2.75) is 51.3 Å². The first kappa shape index (κ1) is 13.5. The van der Waals surface area contributed by atoms with Crippen LogP contribution in [0.2, 0.25) is 0 Å². The van der Waals surface area contributed by atoms with Crippen molar-refractivity contribution in [1.82, 2.24) is 0 Å². The highest BCUT2D eigenvalue weighted by Gasteiger charge is 2.04. The SMILES string of the molecule is CCCC(Cl)CCCc1ccc(F)cc1C. The van der Waals surface area contributed by atoms with Gasteiger partial charge in [0.25, 0.3) is 0 Å². The van der Waals surface area contributed by atoms with Crippen LogP contribution in [0.25, 0.3) is 0 Å². The van der Waals surface area contributed by atoms with Crippen molar-refractivity contribution in [3.63, 3.8) is 0 Å². The molecule has 0 nitrogen and oxygen atoms in total. The van der Waals surface area contributed by atoms with Gasteiger partial charge in [0.05, 0.1) is 0 Å². The fraction of sp³-hybridized carbons (Fsp3) is 0.571. The molecule has 0 bridgehead atoms. The van der Waals surface area contributed by atoms with Gasteiger partial charge in [-0.3, -0.25) is 0 Å². The van der Waals surface area contributed by atoms with Gasteiger partial charge in [0.15, 0.2) is 0 Å². The highest BCUT2D eigenvalue weighted by atomic mass is 35.5. The van der Waals surface area contributed by atoms with Gasteiger partial charge in [-0.05, 0) is 55.9 Å². The molecule has 0 radical (unpaired) electrons. The third kappa shape index (κ3) is 4.52. The predicted molar refractivity (Wildman–Crippen MR) is 68.6 cm³/mol. The lowest BCUT2D eigenvalue weighted by Crippen LogP contribution is -1.99. The summed E-state index contributed by atoms with van der Waals surface area (Å²) in [6.07, 6.45) is 5.36. The van der Waals surface area contributed by atoms with Gasteiger partial charge in [-0.15, -0.1) is 11.6 Å². The first-order valence-electron chi connectivity index (χ1n) is 6.02. The Balaban J connectivity index is 2.37. The summed E-state index contributed by atoms with van der Waals surface area (Å²) in [5.74, 6) is -0.151. The molecule has 0 saturated heterocycles. The molecule has 0 aromatic heterocycles. The zero-order valence-electron chi connectivity index (χ0n) is 10.1. The summed E-state index contributed by atoms with van der Waals surface area (Å²) in [6, 6.07) is 5.01. The van der Waals surface area contributed by atoms with E-state index in [0.717, 1.165) is 37.7 Å². The van der Waals surface area contributed by atoms with E-state index in [4.69, 9.17) is 11.6 Å². The Morgan fingerprint density at radius 1 is 1.31 bits per heavy atom. The molecule has 0 aliphatic carbocycles. The van der Waals surface area contributed by atoms with Crippen LogP contribution in [-0.4, -0.2) is 5.38 Å². The third-order valence-corrected chi connectivity index (χ3v) is 3.31. The summed E-state index contributed by atoms with van der Waals surface area (Å²) < 4.78 is 12.9. The van der Waals surface area contributed by atoms with E-state index in [9.17, 15) is 4.39 Å². The largest absolute Gasteiger partial charge is 0.207 e. The first-order valence-corrected chi connectivity index (χ1v) is 6.46. The quantitative estimate of drug-likeness (QED) is 0.625. The van der Waals surface area contributed by atoms with Gasteiger partial charge in [-0.2, -0.15) is 0 Å². The molecular formula is C14H20ClF. The number of benzene rings is 1. The minimum absolute atomic E-state index is 0.151. The molecule has 1 rings (SSSR count). The molecule has 1 aromatic rings. The van der Waals surface area contributed by atoms with Crippen molar-refractivity contribution < 1.29 is 4.39 Å². The van der Waals surface area contributed by atoms with Crippen LogP contribution in [-0.2, 0) is 6.42 Å². The van der Waals surface area contributed by atoms with Crippen molar-refractivity contribution in [3.8, 4) is 0 Å².